The second-order valence-corrected chi connectivity index (χ2v) is 9.57. The summed E-state index contributed by atoms with van der Waals surface area (Å²) in [5.74, 6) is -1.79. The zero-order valence-electron chi connectivity index (χ0n) is 18.1. The zero-order chi connectivity index (χ0) is 23.7. The molecule has 3 aliphatic rings. The number of ether oxygens (including phenoxy) is 2. The highest BCUT2D eigenvalue weighted by Gasteiger charge is 2.70. The summed E-state index contributed by atoms with van der Waals surface area (Å²) >= 11 is 12.4. The number of rotatable bonds is 4. The standard InChI is InChI=1S/C24H20Cl2N2O5/c1-12(2)32-11-23(3)20(29)18-19(33-23)21(30)28(15-6-4-5-13(25)9-15)24(18)16-8-7-14(26)10-17(16)27-22(24)31/h4-10,12H,11H2,1-3H3,(H,27,31). The number of anilines is 2. The normalized spacial score (nSPS) is 25.8. The van der Waals surface area contributed by atoms with Gasteiger partial charge in [0, 0.05) is 27.0 Å². The van der Waals surface area contributed by atoms with Crippen molar-refractivity contribution < 1.29 is 23.9 Å². The molecule has 0 aromatic heterocycles. The van der Waals surface area contributed by atoms with Crippen LogP contribution in [0.1, 0.15) is 26.3 Å². The average Bonchev–Trinajstić information content (AvgIpc) is 3.28. The van der Waals surface area contributed by atoms with Crippen molar-refractivity contribution in [3.63, 3.8) is 0 Å². The van der Waals surface area contributed by atoms with Crippen molar-refractivity contribution in [2.45, 2.75) is 38.0 Å². The predicted octanol–water partition coefficient (Wildman–Crippen LogP) is 4.22. The van der Waals surface area contributed by atoms with Crippen molar-refractivity contribution in [3.05, 3.63) is 69.4 Å². The Morgan fingerprint density at radius 3 is 2.52 bits per heavy atom. The van der Waals surface area contributed by atoms with Gasteiger partial charge in [-0.15, -0.1) is 0 Å². The molecule has 0 fully saturated rings. The van der Waals surface area contributed by atoms with Crippen LogP contribution >= 0.6 is 23.2 Å². The van der Waals surface area contributed by atoms with E-state index in [2.05, 4.69) is 5.32 Å². The molecular weight excluding hydrogens is 467 g/mol. The molecule has 0 radical (unpaired) electrons. The monoisotopic (exact) mass is 486 g/mol. The van der Waals surface area contributed by atoms with Crippen LogP contribution in [0.15, 0.2) is 53.8 Å². The van der Waals surface area contributed by atoms with Crippen LogP contribution in [-0.2, 0) is 29.4 Å². The minimum atomic E-state index is -1.76. The summed E-state index contributed by atoms with van der Waals surface area (Å²) in [5.41, 5.74) is -2.00. The van der Waals surface area contributed by atoms with Gasteiger partial charge in [-0.3, -0.25) is 19.3 Å². The number of benzene rings is 2. The number of halogens is 2. The minimum Gasteiger partial charge on any atom is -0.471 e. The largest absolute Gasteiger partial charge is 0.471 e. The van der Waals surface area contributed by atoms with Gasteiger partial charge >= 0.3 is 0 Å². The molecule has 2 unspecified atom stereocenters. The van der Waals surface area contributed by atoms with Crippen molar-refractivity contribution in [2.75, 3.05) is 16.8 Å². The third-order valence-electron chi connectivity index (χ3n) is 6.06. The number of hydrogen-bond acceptors (Lipinski definition) is 5. The maximum atomic E-state index is 13.8. The first-order valence-electron chi connectivity index (χ1n) is 10.4. The fraction of sp³-hybridized carbons (Fsp3) is 0.292. The van der Waals surface area contributed by atoms with Gasteiger partial charge in [0.2, 0.25) is 5.78 Å². The number of carbonyl (C=O) groups excluding carboxylic acids is 3. The van der Waals surface area contributed by atoms with E-state index < -0.39 is 28.7 Å². The van der Waals surface area contributed by atoms with Gasteiger partial charge in [-0.1, -0.05) is 35.3 Å². The van der Waals surface area contributed by atoms with Crippen LogP contribution in [0.2, 0.25) is 10.0 Å². The Balaban J connectivity index is 1.74. The molecule has 170 valence electrons. The molecule has 1 spiro atoms. The Hall–Kier alpha value is -2.87. The summed E-state index contributed by atoms with van der Waals surface area (Å²) in [6.45, 7) is 5.17. The second kappa shape index (κ2) is 7.32. The molecular formula is C24H20Cl2N2O5. The van der Waals surface area contributed by atoms with E-state index in [0.717, 1.165) is 0 Å². The van der Waals surface area contributed by atoms with Gasteiger partial charge in [0.1, 0.15) is 0 Å². The van der Waals surface area contributed by atoms with Crippen LogP contribution in [0.3, 0.4) is 0 Å². The lowest BCUT2D eigenvalue weighted by Gasteiger charge is -2.37. The van der Waals surface area contributed by atoms with Crippen LogP contribution in [0.4, 0.5) is 11.4 Å². The molecule has 2 aromatic carbocycles. The highest BCUT2D eigenvalue weighted by molar-refractivity contribution is 6.34. The molecule has 2 atom stereocenters. The van der Waals surface area contributed by atoms with Gasteiger partial charge in [-0.05, 0) is 51.1 Å². The van der Waals surface area contributed by atoms with Crippen LogP contribution in [-0.4, -0.2) is 35.9 Å². The van der Waals surface area contributed by atoms with Crippen molar-refractivity contribution in [3.8, 4) is 0 Å². The van der Waals surface area contributed by atoms with E-state index in [4.69, 9.17) is 32.7 Å². The number of fused-ring (bicyclic) bond motifs is 3. The Labute approximate surface area is 200 Å². The molecule has 7 nitrogen and oxygen atoms in total. The van der Waals surface area contributed by atoms with Gasteiger partial charge in [-0.2, -0.15) is 0 Å². The van der Waals surface area contributed by atoms with Crippen molar-refractivity contribution in [2.24, 2.45) is 0 Å². The van der Waals surface area contributed by atoms with Gasteiger partial charge < -0.3 is 14.8 Å². The number of amides is 2. The van der Waals surface area contributed by atoms with Gasteiger partial charge in [0.25, 0.3) is 11.8 Å². The van der Waals surface area contributed by atoms with Crippen molar-refractivity contribution in [1.29, 1.82) is 0 Å². The highest BCUT2D eigenvalue weighted by atomic mass is 35.5. The van der Waals surface area contributed by atoms with E-state index in [9.17, 15) is 14.4 Å². The molecule has 0 bridgehead atoms. The highest BCUT2D eigenvalue weighted by Crippen LogP contribution is 2.56. The van der Waals surface area contributed by atoms with E-state index in [1.807, 2.05) is 13.8 Å². The summed E-state index contributed by atoms with van der Waals surface area (Å²) in [4.78, 5) is 42.5. The lowest BCUT2D eigenvalue weighted by atomic mass is 9.79. The van der Waals surface area contributed by atoms with Crippen LogP contribution in [0.5, 0.6) is 0 Å². The number of nitrogens with zero attached hydrogens (tertiary/aromatic N) is 1. The molecule has 5 rings (SSSR count). The van der Waals surface area contributed by atoms with Gasteiger partial charge in [0.05, 0.1) is 18.3 Å². The van der Waals surface area contributed by atoms with Crippen LogP contribution < -0.4 is 10.2 Å². The first-order valence-corrected chi connectivity index (χ1v) is 11.2. The Bertz CT molecular complexity index is 1270. The van der Waals surface area contributed by atoms with E-state index in [0.29, 0.717) is 27.0 Å². The van der Waals surface area contributed by atoms with E-state index >= 15 is 0 Å². The van der Waals surface area contributed by atoms with Crippen LogP contribution in [0, 0.1) is 0 Å². The van der Waals surface area contributed by atoms with Gasteiger partial charge in [-0.25, -0.2) is 0 Å². The van der Waals surface area contributed by atoms with Crippen molar-refractivity contribution in [1.82, 2.24) is 0 Å². The van der Waals surface area contributed by atoms with E-state index in [1.54, 1.807) is 49.4 Å². The zero-order valence-corrected chi connectivity index (χ0v) is 19.6. The average molecular weight is 487 g/mol. The summed E-state index contributed by atoms with van der Waals surface area (Å²) in [6.07, 6.45) is -0.154. The molecule has 0 aliphatic carbocycles. The first-order chi connectivity index (χ1) is 15.6. The van der Waals surface area contributed by atoms with E-state index in [-0.39, 0.29) is 24.0 Å². The third-order valence-corrected chi connectivity index (χ3v) is 6.53. The predicted molar refractivity (Wildman–Crippen MR) is 123 cm³/mol. The number of Topliss-reactive ketones (excluding diaryl/α,β-unsaturated/α-hetero) is 1. The molecule has 1 N–H and O–H groups in total. The quantitative estimate of drug-likeness (QED) is 0.698. The molecule has 33 heavy (non-hydrogen) atoms. The lowest BCUT2D eigenvalue weighted by Crippen LogP contribution is -2.55. The van der Waals surface area contributed by atoms with Crippen LogP contribution in [0.25, 0.3) is 0 Å². The lowest BCUT2D eigenvalue weighted by molar-refractivity contribution is -0.141. The molecule has 9 heteroatoms. The van der Waals surface area contributed by atoms with Gasteiger partial charge in [0.15, 0.2) is 16.9 Å². The maximum Gasteiger partial charge on any atom is 0.295 e. The number of ketones is 1. The third kappa shape index (κ3) is 2.96. The number of carbonyl (C=O) groups is 3. The topological polar surface area (TPSA) is 84.9 Å². The number of hydrogen-bond donors (Lipinski definition) is 1. The summed E-state index contributed by atoms with van der Waals surface area (Å²) in [6, 6.07) is 11.4. The van der Waals surface area contributed by atoms with E-state index in [1.165, 1.54) is 4.90 Å². The fourth-order valence-corrected chi connectivity index (χ4v) is 4.98. The molecule has 2 amide bonds. The smallest absolute Gasteiger partial charge is 0.295 e. The summed E-state index contributed by atoms with van der Waals surface area (Å²) in [5, 5.41) is 3.57. The van der Waals surface area contributed by atoms with Crippen molar-refractivity contribution >= 4 is 52.2 Å². The SMILES string of the molecule is CC(C)OCC1(C)OC2=C(C1=O)C1(C(=O)Nc3cc(Cl)ccc31)N(c1cccc(Cl)c1)C2=O. The molecule has 3 heterocycles. The Kier molecular flexibility index (Phi) is 4.87. The fourth-order valence-electron chi connectivity index (χ4n) is 4.62. The second-order valence-electron chi connectivity index (χ2n) is 8.70. The minimum absolute atomic E-state index is 0.0131. The number of nitrogens with one attached hydrogen (secondary N) is 1. The first kappa shape index (κ1) is 21.9. The summed E-state index contributed by atoms with van der Waals surface area (Å²) < 4.78 is 11.6. The molecule has 3 aliphatic heterocycles. The molecule has 0 saturated carbocycles. The summed E-state index contributed by atoms with van der Waals surface area (Å²) in [7, 11) is 0. The molecule has 2 aromatic rings. The Morgan fingerprint density at radius 2 is 1.82 bits per heavy atom. The molecule has 0 saturated heterocycles. The Morgan fingerprint density at radius 1 is 1.09 bits per heavy atom. The maximum absolute atomic E-state index is 13.8.